The molecule has 0 aromatic heterocycles. The Morgan fingerprint density at radius 1 is 1.25 bits per heavy atom. The van der Waals surface area contributed by atoms with Crippen molar-refractivity contribution in [2.75, 3.05) is 27.4 Å². The summed E-state index contributed by atoms with van der Waals surface area (Å²) in [5.41, 5.74) is 0.861. The third-order valence-corrected chi connectivity index (χ3v) is 3.88. The van der Waals surface area contributed by atoms with Gasteiger partial charge in [0.2, 0.25) is 0 Å². The smallest absolute Gasteiger partial charge is 0.422 e. The molecular formula is C16H20F3NO4. The SMILES string of the molecule is COC(=O)[C@@H]1C[C@H](OC)CN1Cc1ccc(OCC(F)(F)F)cc1. The van der Waals surface area contributed by atoms with Gasteiger partial charge in [0, 0.05) is 26.6 Å². The number of nitrogens with zero attached hydrogens (tertiary/aromatic N) is 1. The Balaban J connectivity index is 1.97. The van der Waals surface area contributed by atoms with Crippen LogP contribution in [0, 0.1) is 0 Å². The summed E-state index contributed by atoms with van der Waals surface area (Å²) in [6.07, 6.45) is -3.86. The van der Waals surface area contributed by atoms with Crippen molar-refractivity contribution in [3.63, 3.8) is 0 Å². The second kappa shape index (κ2) is 7.85. The summed E-state index contributed by atoms with van der Waals surface area (Å²) in [5, 5.41) is 0. The van der Waals surface area contributed by atoms with Gasteiger partial charge in [-0.3, -0.25) is 9.69 Å². The number of benzene rings is 1. The fourth-order valence-corrected chi connectivity index (χ4v) is 2.68. The Morgan fingerprint density at radius 3 is 2.46 bits per heavy atom. The van der Waals surface area contributed by atoms with E-state index in [-0.39, 0.29) is 23.9 Å². The van der Waals surface area contributed by atoms with E-state index in [2.05, 4.69) is 4.74 Å². The molecule has 1 heterocycles. The van der Waals surface area contributed by atoms with Crippen molar-refractivity contribution in [1.82, 2.24) is 4.90 Å². The van der Waals surface area contributed by atoms with E-state index in [1.165, 1.54) is 19.2 Å². The number of hydrogen-bond acceptors (Lipinski definition) is 5. The molecule has 8 heteroatoms. The molecule has 2 atom stereocenters. The standard InChI is InChI=1S/C16H20F3NO4/c1-22-13-7-14(15(21)23-2)20(9-13)8-11-3-5-12(6-4-11)24-10-16(17,18)19/h3-6,13-14H,7-10H2,1-2H3/t13-,14-/m0/s1. The summed E-state index contributed by atoms with van der Waals surface area (Å²) in [5.74, 6) is -0.170. The monoisotopic (exact) mass is 347 g/mol. The van der Waals surface area contributed by atoms with Crippen LogP contribution in [0.5, 0.6) is 5.75 Å². The van der Waals surface area contributed by atoms with Gasteiger partial charge in [-0.15, -0.1) is 0 Å². The van der Waals surface area contributed by atoms with Crippen molar-refractivity contribution in [2.45, 2.75) is 31.3 Å². The summed E-state index contributed by atoms with van der Waals surface area (Å²) in [6.45, 7) is -0.264. The van der Waals surface area contributed by atoms with Crippen molar-refractivity contribution >= 4 is 5.97 Å². The predicted octanol–water partition coefficient (Wildman–Crippen LogP) is 2.39. The molecule has 0 unspecified atom stereocenters. The van der Waals surface area contributed by atoms with E-state index in [0.29, 0.717) is 19.5 Å². The molecule has 0 radical (unpaired) electrons. The topological polar surface area (TPSA) is 48.0 Å². The Labute approximate surface area is 138 Å². The minimum atomic E-state index is -4.36. The molecule has 0 N–H and O–H groups in total. The quantitative estimate of drug-likeness (QED) is 0.740. The van der Waals surface area contributed by atoms with Gasteiger partial charge in [0.25, 0.3) is 0 Å². The Bertz CT molecular complexity index is 547. The molecule has 1 aromatic carbocycles. The van der Waals surface area contributed by atoms with Gasteiger partial charge < -0.3 is 14.2 Å². The van der Waals surface area contributed by atoms with Crippen molar-refractivity contribution in [2.24, 2.45) is 0 Å². The average molecular weight is 347 g/mol. The molecule has 134 valence electrons. The van der Waals surface area contributed by atoms with Crippen LogP contribution in [0.15, 0.2) is 24.3 Å². The van der Waals surface area contributed by atoms with Crippen LogP contribution in [0.2, 0.25) is 0 Å². The highest BCUT2D eigenvalue weighted by molar-refractivity contribution is 5.76. The molecular weight excluding hydrogens is 327 g/mol. The van der Waals surface area contributed by atoms with Crippen LogP contribution in [0.1, 0.15) is 12.0 Å². The zero-order valence-electron chi connectivity index (χ0n) is 13.5. The van der Waals surface area contributed by atoms with Crippen LogP contribution in [0.25, 0.3) is 0 Å². The lowest BCUT2D eigenvalue weighted by molar-refractivity contribution is -0.153. The number of methoxy groups -OCH3 is 2. The highest BCUT2D eigenvalue weighted by Crippen LogP contribution is 2.24. The van der Waals surface area contributed by atoms with Gasteiger partial charge in [0.15, 0.2) is 6.61 Å². The van der Waals surface area contributed by atoms with Gasteiger partial charge in [0.1, 0.15) is 11.8 Å². The normalized spacial score (nSPS) is 21.7. The maximum atomic E-state index is 12.1. The van der Waals surface area contributed by atoms with Crippen molar-refractivity contribution < 1.29 is 32.2 Å². The molecule has 0 spiro atoms. The van der Waals surface area contributed by atoms with E-state index in [9.17, 15) is 18.0 Å². The fraction of sp³-hybridized carbons (Fsp3) is 0.562. The van der Waals surface area contributed by atoms with Gasteiger partial charge in [-0.2, -0.15) is 13.2 Å². The van der Waals surface area contributed by atoms with Crippen LogP contribution >= 0.6 is 0 Å². The van der Waals surface area contributed by atoms with Crippen LogP contribution in [0.3, 0.4) is 0 Å². The largest absolute Gasteiger partial charge is 0.484 e. The Morgan fingerprint density at radius 2 is 1.92 bits per heavy atom. The molecule has 0 aliphatic carbocycles. The second-order valence-electron chi connectivity index (χ2n) is 5.61. The number of esters is 1. The molecule has 0 amide bonds. The van der Waals surface area contributed by atoms with Gasteiger partial charge in [-0.1, -0.05) is 12.1 Å². The first-order chi connectivity index (χ1) is 11.3. The van der Waals surface area contributed by atoms with E-state index in [0.717, 1.165) is 5.56 Å². The van der Waals surface area contributed by atoms with Gasteiger partial charge in [-0.25, -0.2) is 0 Å². The number of alkyl halides is 3. The zero-order valence-corrected chi connectivity index (χ0v) is 13.5. The third-order valence-electron chi connectivity index (χ3n) is 3.88. The van der Waals surface area contributed by atoms with Crippen LogP contribution in [-0.4, -0.2) is 56.6 Å². The predicted molar refractivity (Wildman–Crippen MR) is 79.6 cm³/mol. The number of likely N-dealkylation sites (tertiary alicyclic amines) is 1. The lowest BCUT2D eigenvalue weighted by Gasteiger charge is -2.22. The molecule has 5 nitrogen and oxygen atoms in total. The van der Waals surface area contributed by atoms with Crippen LogP contribution in [-0.2, 0) is 20.8 Å². The molecule has 1 saturated heterocycles. The first-order valence-electron chi connectivity index (χ1n) is 7.45. The molecule has 1 fully saturated rings. The summed E-state index contributed by atoms with van der Waals surface area (Å²) in [4.78, 5) is 13.8. The van der Waals surface area contributed by atoms with E-state index in [1.807, 2.05) is 4.90 Å². The Hall–Kier alpha value is -1.80. The lowest BCUT2D eigenvalue weighted by Crippen LogP contribution is -2.36. The van der Waals surface area contributed by atoms with E-state index < -0.39 is 12.8 Å². The van der Waals surface area contributed by atoms with Crippen molar-refractivity contribution in [1.29, 1.82) is 0 Å². The molecule has 1 aromatic rings. The molecule has 0 saturated carbocycles. The number of hydrogen-bond donors (Lipinski definition) is 0. The maximum absolute atomic E-state index is 12.1. The van der Waals surface area contributed by atoms with Gasteiger partial charge in [-0.05, 0) is 17.7 Å². The second-order valence-corrected chi connectivity index (χ2v) is 5.61. The number of carbonyl (C=O) groups excluding carboxylic acids is 1. The van der Waals surface area contributed by atoms with Gasteiger partial charge >= 0.3 is 12.1 Å². The minimum absolute atomic E-state index is 0.0523. The van der Waals surface area contributed by atoms with Crippen LogP contribution < -0.4 is 4.74 Å². The first kappa shape index (κ1) is 18.5. The molecule has 0 bridgehead atoms. The minimum Gasteiger partial charge on any atom is -0.484 e. The molecule has 1 aliphatic rings. The third kappa shape index (κ3) is 5.10. The number of carbonyl (C=O) groups is 1. The van der Waals surface area contributed by atoms with Crippen molar-refractivity contribution in [3.05, 3.63) is 29.8 Å². The number of ether oxygens (including phenoxy) is 3. The number of halogens is 3. The number of rotatable bonds is 6. The lowest BCUT2D eigenvalue weighted by atomic mass is 10.1. The highest BCUT2D eigenvalue weighted by Gasteiger charge is 2.37. The van der Waals surface area contributed by atoms with Gasteiger partial charge in [0.05, 0.1) is 13.2 Å². The highest BCUT2D eigenvalue weighted by atomic mass is 19.4. The Kier molecular flexibility index (Phi) is 6.06. The maximum Gasteiger partial charge on any atom is 0.422 e. The van der Waals surface area contributed by atoms with E-state index in [4.69, 9.17) is 9.47 Å². The zero-order chi connectivity index (χ0) is 17.7. The summed E-state index contributed by atoms with van der Waals surface area (Å²) < 4.78 is 51.2. The first-order valence-corrected chi connectivity index (χ1v) is 7.45. The fourth-order valence-electron chi connectivity index (χ4n) is 2.68. The van der Waals surface area contributed by atoms with Crippen LogP contribution in [0.4, 0.5) is 13.2 Å². The van der Waals surface area contributed by atoms with E-state index >= 15 is 0 Å². The summed E-state index contributed by atoms with van der Waals surface area (Å²) in [7, 11) is 2.93. The molecule has 2 rings (SSSR count). The van der Waals surface area contributed by atoms with E-state index in [1.54, 1.807) is 19.2 Å². The van der Waals surface area contributed by atoms with Crippen molar-refractivity contribution in [3.8, 4) is 5.75 Å². The molecule has 24 heavy (non-hydrogen) atoms. The summed E-state index contributed by atoms with van der Waals surface area (Å²) in [6, 6.07) is 5.94. The molecule has 1 aliphatic heterocycles. The summed E-state index contributed by atoms with van der Waals surface area (Å²) >= 11 is 0. The average Bonchev–Trinajstić information content (AvgIpc) is 2.96.